The first-order chi connectivity index (χ1) is 12.6. The van der Waals surface area contributed by atoms with Crippen molar-refractivity contribution in [3.05, 3.63) is 47.7 Å². The number of carbonyl (C=O) groups excluding carboxylic acids is 1. The van der Waals surface area contributed by atoms with Gasteiger partial charge in [-0.15, -0.1) is 0 Å². The van der Waals surface area contributed by atoms with Gasteiger partial charge in [0.25, 0.3) is 5.91 Å². The molecule has 1 atom stereocenters. The molecular formula is C21H28N4O2. The minimum atomic E-state index is -0.637. The zero-order valence-electron chi connectivity index (χ0n) is 16.9. The van der Waals surface area contributed by atoms with Gasteiger partial charge in [0.1, 0.15) is 5.82 Å². The fourth-order valence-electron chi connectivity index (χ4n) is 2.87. The van der Waals surface area contributed by atoms with Crippen LogP contribution in [0.4, 0.5) is 5.82 Å². The highest BCUT2D eigenvalue weighted by molar-refractivity contribution is 6.05. The highest BCUT2D eigenvalue weighted by Gasteiger charge is 2.31. The third kappa shape index (κ3) is 4.21. The fourth-order valence-corrected chi connectivity index (χ4v) is 2.87. The number of aromatic nitrogens is 2. The van der Waals surface area contributed by atoms with E-state index in [4.69, 9.17) is 9.94 Å². The first-order valence-corrected chi connectivity index (χ1v) is 9.26. The van der Waals surface area contributed by atoms with Crippen LogP contribution in [0.15, 0.2) is 41.6 Å². The van der Waals surface area contributed by atoms with E-state index in [2.05, 4.69) is 52.0 Å². The zero-order valence-corrected chi connectivity index (χ0v) is 16.9. The number of hydrogen-bond acceptors (Lipinski definition) is 4. The first-order valence-electron chi connectivity index (χ1n) is 9.26. The molecule has 0 fully saturated rings. The van der Waals surface area contributed by atoms with Gasteiger partial charge in [-0.3, -0.25) is 4.79 Å². The van der Waals surface area contributed by atoms with E-state index in [0.29, 0.717) is 12.2 Å². The topological polar surface area (TPSA) is 68.5 Å². The van der Waals surface area contributed by atoms with Gasteiger partial charge in [-0.05, 0) is 26.3 Å². The molecule has 1 amide bonds. The Kier molecular flexibility index (Phi) is 4.84. The summed E-state index contributed by atoms with van der Waals surface area (Å²) in [6, 6.07) is 11.7. The van der Waals surface area contributed by atoms with E-state index in [1.54, 1.807) is 0 Å². The SMILES string of the molecule is CC(C)(C)c1cc(NC(=O)C2CC(c3ccccc3)=NO2)n(C(C)(C)C)n1. The summed E-state index contributed by atoms with van der Waals surface area (Å²) in [6.07, 6.45) is -0.187. The zero-order chi connectivity index (χ0) is 19.8. The van der Waals surface area contributed by atoms with Gasteiger partial charge in [0.15, 0.2) is 0 Å². The van der Waals surface area contributed by atoms with E-state index in [-0.39, 0.29) is 16.9 Å². The van der Waals surface area contributed by atoms with Crippen LogP contribution in [0, 0.1) is 0 Å². The van der Waals surface area contributed by atoms with Gasteiger partial charge in [0.05, 0.1) is 16.9 Å². The van der Waals surface area contributed by atoms with E-state index < -0.39 is 6.10 Å². The molecule has 1 aromatic carbocycles. The summed E-state index contributed by atoms with van der Waals surface area (Å²) in [6.45, 7) is 12.5. The third-order valence-electron chi connectivity index (χ3n) is 4.43. The number of nitrogens with one attached hydrogen (secondary N) is 1. The van der Waals surface area contributed by atoms with Crippen molar-refractivity contribution in [1.82, 2.24) is 9.78 Å². The van der Waals surface area contributed by atoms with Crippen molar-refractivity contribution in [2.45, 2.75) is 65.0 Å². The average molecular weight is 368 g/mol. The predicted octanol–water partition coefficient (Wildman–Crippen LogP) is 4.07. The number of hydrogen-bond donors (Lipinski definition) is 1. The maximum atomic E-state index is 12.8. The smallest absolute Gasteiger partial charge is 0.269 e. The molecule has 6 heteroatoms. The molecule has 1 unspecified atom stereocenters. The molecule has 0 saturated heterocycles. The highest BCUT2D eigenvalue weighted by atomic mass is 16.6. The van der Waals surface area contributed by atoms with E-state index >= 15 is 0 Å². The van der Waals surface area contributed by atoms with Crippen molar-refractivity contribution >= 4 is 17.4 Å². The Bertz CT molecular complexity index is 855. The molecule has 2 aromatic rings. The number of nitrogens with zero attached hydrogens (tertiary/aromatic N) is 3. The standard InChI is InChI=1S/C21H28N4O2/c1-20(2,3)17-13-18(25(23-17)21(4,5)6)22-19(26)16-12-15(24-27-16)14-10-8-7-9-11-14/h7-11,13,16H,12H2,1-6H3,(H,22,26). The largest absolute Gasteiger partial charge is 0.382 e. The molecule has 0 aliphatic carbocycles. The maximum Gasteiger partial charge on any atom is 0.269 e. The average Bonchev–Trinajstić information content (AvgIpc) is 3.22. The van der Waals surface area contributed by atoms with Crippen molar-refractivity contribution in [2.24, 2.45) is 5.16 Å². The highest BCUT2D eigenvalue weighted by Crippen LogP contribution is 2.28. The Balaban J connectivity index is 1.76. The Morgan fingerprint density at radius 3 is 2.41 bits per heavy atom. The van der Waals surface area contributed by atoms with E-state index in [0.717, 1.165) is 17.0 Å². The minimum Gasteiger partial charge on any atom is -0.382 e. The van der Waals surface area contributed by atoms with Crippen molar-refractivity contribution in [3.63, 3.8) is 0 Å². The minimum absolute atomic E-state index is 0.108. The number of amides is 1. The molecular weight excluding hydrogens is 340 g/mol. The molecule has 0 bridgehead atoms. The maximum absolute atomic E-state index is 12.8. The second-order valence-electron chi connectivity index (χ2n) is 8.94. The van der Waals surface area contributed by atoms with Gasteiger partial charge >= 0.3 is 0 Å². The van der Waals surface area contributed by atoms with Crippen LogP contribution in [0.5, 0.6) is 0 Å². The molecule has 1 aromatic heterocycles. The Hall–Kier alpha value is -2.63. The van der Waals surface area contributed by atoms with E-state index in [9.17, 15) is 4.79 Å². The molecule has 1 aliphatic heterocycles. The van der Waals surface area contributed by atoms with Crippen LogP contribution >= 0.6 is 0 Å². The summed E-state index contributed by atoms with van der Waals surface area (Å²) in [5.41, 5.74) is 2.33. The summed E-state index contributed by atoms with van der Waals surface area (Å²) >= 11 is 0. The lowest BCUT2D eigenvalue weighted by atomic mass is 9.92. The Labute approximate surface area is 160 Å². The van der Waals surface area contributed by atoms with Crippen LogP contribution in [-0.2, 0) is 20.6 Å². The molecule has 0 saturated carbocycles. The van der Waals surface area contributed by atoms with Crippen LogP contribution < -0.4 is 5.32 Å². The lowest BCUT2D eigenvalue weighted by Gasteiger charge is -2.23. The number of anilines is 1. The summed E-state index contributed by atoms with van der Waals surface area (Å²) in [7, 11) is 0. The molecule has 1 N–H and O–H groups in total. The lowest BCUT2D eigenvalue weighted by Crippen LogP contribution is -2.32. The third-order valence-corrected chi connectivity index (χ3v) is 4.43. The van der Waals surface area contributed by atoms with Crippen molar-refractivity contribution < 1.29 is 9.63 Å². The molecule has 3 rings (SSSR count). The molecule has 2 heterocycles. The van der Waals surface area contributed by atoms with Crippen LogP contribution in [0.3, 0.4) is 0 Å². The summed E-state index contributed by atoms with van der Waals surface area (Å²) in [5.74, 6) is 0.463. The van der Waals surface area contributed by atoms with Crippen molar-refractivity contribution in [3.8, 4) is 0 Å². The van der Waals surface area contributed by atoms with Crippen LogP contribution in [-0.4, -0.2) is 27.5 Å². The van der Waals surface area contributed by atoms with Crippen LogP contribution in [0.1, 0.15) is 59.2 Å². The molecule has 0 radical (unpaired) electrons. The predicted molar refractivity (Wildman–Crippen MR) is 107 cm³/mol. The molecule has 6 nitrogen and oxygen atoms in total. The number of benzene rings is 1. The van der Waals surface area contributed by atoms with Gasteiger partial charge < -0.3 is 10.2 Å². The van der Waals surface area contributed by atoms with Gasteiger partial charge in [-0.2, -0.15) is 5.10 Å². The first kappa shape index (κ1) is 19.1. The van der Waals surface area contributed by atoms with Gasteiger partial charge in [-0.1, -0.05) is 56.3 Å². The number of rotatable bonds is 3. The van der Waals surface area contributed by atoms with Crippen molar-refractivity contribution in [1.29, 1.82) is 0 Å². The van der Waals surface area contributed by atoms with Crippen molar-refractivity contribution in [2.75, 3.05) is 5.32 Å². The fraction of sp³-hybridized carbons (Fsp3) is 0.476. The summed E-state index contributed by atoms with van der Waals surface area (Å²) in [4.78, 5) is 18.2. The van der Waals surface area contributed by atoms with Crippen LogP contribution in [0.25, 0.3) is 0 Å². The second kappa shape index (κ2) is 6.83. The normalized spacial score (nSPS) is 17.4. The quantitative estimate of drug-likeness (QED) is 0.888. The molecule has 144 valence electrons. The van der Waals surface area contributed by atoms with Crippen LogP contribution in [0.2, 0.25) is 0 Å². The summed E-state index contributed by atoms with van der Waals surface area (Å²) in [5, 5.41) is 11.8. The van der Waals surface area contributed by atoms with E-state index in [1.807, 2.05) is 41.1 Å². The molecule has 1 aliphatic rings. The van der Waals surface area contributed by atoms with E-state index in [1.165, 1.54) is 0 Å². The molecule has 27 heavy (non-hydrogen) atoms. The Morgan fingerprint density at radius 1 is 1.15 bits per heavy atom. The molecule has 0 spiro atoms. The van der Waals surface area contributed by atoms with Gasteiger partial charge in [-0.25, -0.2) is 4.68 Å². The summed E-state index contributed by atoms with van der Waals surface area (Å²) < 4.78 is 1.86. The van der Waals surface area contributed by atoms with Gasteiger partial charge in [0.2, 0.25) is 6.10 Å². The second-order valence-corrected chi connectivity index (χ2v) is 8.94. The monoisotopic (exact) mass is 368 g/mol. The number of carbonyl (C=O) groups is 1. The Morgan fingerprint density at radius 2 is 1.81 bits per heavy atom. The number of oxime groups is 1. The van der Waals surface area contributed by atoms with Gasteiger partial charge in [0, 0.05) is 17.9 Å². The lowest BCUT2D eigenvalue weighted by molar-refractivity contribution is -0.125.